The Morgan fingerprint density at radius 3 is 2.53 bits per heavy atom. The predicted molar refractivity (Wildman–Crippen MR) is 114 cm³/mol. The number of aromatic nitrogens is 2. The van der Waals surface area contributed by atoms with Gasteiger partial charge >= 0.3 is 0 Å². The second-order valence-corrected chi connectivity index (χ2v) is 7.48. The van der Waals surface area contributed by atoms with E-state index < -0.39 is 0 Å². The summed E-state index contributed by atoms with van der Waals surface area (Å²) in [6, 6.07) is 7.98. The second kappa shape index (κ2) is 10.4. The minimum absolute atomic E-state index is 0.0151. The third-order valence-electron chi connectivity index (χ3n) is 5.43. The van der Waals surface area contributed by atoms with Crippen LogP contribution >= 0.6 is 0 Å². The standard InChI is InChI=1S/C22H32N4O4/c1-16-13-17(2)26(24-16)8-7-22(27)23-15-19(25-9-11-30-12-10-25)18-5-6-20(28-3)21(14-18)29-4/h5-6,13-14,19H,7-12,15H2,1-4H3,(H,23,27). The number of nitrogens with one attached hydrogen (secondary N) is 1. The molecule has 1 aromatic carbocycles. The van der Waals surface area contributed by atoms with Gasteiger partial charge in [0.05, 0.1) is 39.2 Å². The van der Waals surface area contributed by atoms with E-state index in [4.69, 9.17) is 14.2 Å². The summed E-state index contributed by atoms with van der Waals surface area (Å²) in [7, 11) is 3.26. The minimum atomic E-state index is 0.0151. The first-order chi connectivity index (χ1) is 14.5. The lowest BCUT2D eigenvalue weighted by molar-refractivity contribution is -0.121. The van der Waals surface area contributed by atoms with E-state index in [0.717, 1.165) is 30.0 Å². The van der Waals surface area contributed by atoms with Crippen LogP contribution in [0.3, 0.4) is 0 Å². The molecule has 1 amide bonds. The van der Waals surface area contributed by atoms with Crippen molar-refractivity contribution >= 4 is 5.91 Å². The number of methoxy groups -OCH3 is 2. The SMILES string of the molecule is COc1ccc(C(CNC(=O)CCn2nc(C)cc2C)N2CCOCC2)cc1OC. The molecule has 1 aliphatic rings. The zero-order valence-electron chi connectivity index (χ0n) is 18.3. The minimum Gasteiger partial charge on any atom is -0.493 e. The molecule has 0 bridgehead atoms. The number of aryl methyl sites for hydroxylation is 3. The maximum Gasteiger partial charge on any atom is 0.221 e. The molecule has 3 rings (SSSR count). The molecular formula is C22H32N4O4. The molecule has 30 heavy (non-hydrogen) atoms. The zero-order chi connectivity index (χ0) is 21.5. The van der Waals surface area contributed by atoms with E-state index >= 15 is 0 Å². The Bertz CT molecular complexity index is 846. The molecule has 1 N–H and O–H groups in total. The van der Waals surface area contributed by atoms with Gasteiger partial charge in [-0.2, -0.15) is 5.10 Å². The van der Waals surface area contributed by atoms with E-state index in [2.05, 4.69) is 15.3 Å². The van der Waals surface area contributed by atoms with Crippen molar-refractivity contribution in [2.24, 2.45) is 0 Å². The van der Waals surface area contributed by atoms with Gasteiger partial charge in [0.25, 0.3) is 0 Å². The number of amides is 1. The molecule has 1 aliphatic heterocycles. The molecule has 1 saturated heterocycles. The number of benzene rings is 1. The molecule has 164 valence electrons. The highest BCUT2D eigenvalue weighted by Gasteiger charge is 2.24. The predicted octanol–water partition coefficient (Wildman–Crippen LogP) is 2.10. The van der Waals surface area contributed by atoms with Gasteiger partial charge in [0.2, 0.25) is 5.91 Å². The van der Waals surface area contributed by atoms with Crippen LogP contribution in [0.5, 0.6) is 11.5 Å². The van der Waals surface area contributed by atoms with Crippen molar-refractivity contribution < 1.29 is 19.0 Å². The van der Waals surface area contributed by atoms with E-state index in [1.54, 1.807) is 14.2 Å². The van der Waals surface area contributed by atoms with E-state index in [-0.39, 0.29) is 11.9 Å². The molecule has 8 heteroatoms. The number of hydrogen-bond donors (Lipinski definition) is 1. The van der Waals surface area contributed by atoms with E-state index in [1.165, 1.54) is 0 Å². The van der Waals surface area contributed by atoms with Gasteiger partial charge in [0, 0.05) is 38.3 Å². The lowest BCUT2D eigenvalue weighted by atomic mass is 10.0. The molecule has 1 atom stereocenters. The Balaban J connectivity index is 1.67. The molecule has 2 aromatic rings. The van der Waals surface area contributed by atoms with Crippen LogP contribution in [0.2, 0.25) is 0 Å². The summed E-state index contributed by atoms with van der Waals surface area (Å²) in [5.74, 6) is 1.39. The smallest absolute Gasteiger partial charge is 0.221 e. The van der Waals surface area contributed by atoms with Crippen molar-refractivity contribution in [2.75, 3.05) is 47.1 Å². The number of hydrogen-bond acceptors (Lipinski definition) is 6. The summed E-state index contributed by atoms with van der Waals surface area (Å²) in [5, 5.41) is 7.53. The van der Waals surface area contributed by atoms with Crippen LogP contribution in [0.15, 0.2) is 24.3 Å². The Labute approximate surface area is 178 Å². The monoisotopic (exact) mass is 416 g/mol. The molecule has 0 aliphatic carbocycles. The number of ether oxygens (including phenoxy) is 3. The van der Waals surface area contributed by atoms with Gasteiger partial charge in [-0.25, -0.2) is 0 Å². The molecule has 0 saturated carbocycles. The van der Waals surface area contributed by atoms with E-state index in [9.17, 15) is 4.79 Å². The summed E-state index contributed by atoms with van der Waals surface area (Å²) in [5.41, 5.74) is 3.11. The molecule has 2 heterocycles. The molecular weight excluding hydrogens is 384 g/mol. The number of nitrogens with zero attached hydrogens (tertiary/aromatic N) is 3. The maximum atomic E-state index is 12.5. The Morgan fingerprint density at radius 2 is 1.90 bits per heavy atom. The van der Waals surface area contributed by atoms with E-state index in [1.807, 2.05) is 42.8 Å². The van der Waals surface area contributed by atoms with Crippen LogP contribution < -0.4 is 14.8 Å². The molecule has 0 spiro atoms. The third kappa shape index (κ3) is 5.52. The average molecular weight is 417 g/mol. The Kier molecular flexibility index (Phi) is 7.70. The molecule has 1 aromatic heterocycles. The normalized spacial score (nSPS) is 15.6. The van der Waals surface area contributed by atoms with Gasteiger partial charge in [-0.3, -0.25) is 14.4 Å². The molecule has 1 unspecified atom stereocenters. The van der Waals surface area contributed by atoms with Gasteiger partial charge < -0.3 is 19.5 Å². The van der Waals surface area contributed by atoms with Gasteiger partial charge in [0.1, 0.15) is 0 Å². The van der Waals surface area contributed by atoms with Crippen molar-refractivity contribution in [1.82, 2.24) is 20.0 Å². The molecule has 1 fully saturated rings. The third-order valence-corrected chi connectivity index (χ3v) is 5.43. The van der Waals surface area contributed by atoms with Gasteiger partial charge in [-0.1, -0.05) is 6.07 Å². The van der Waals surface area contributed by atoms with Gasteiger partial charge in [-0.15, -0.1) is 0 Å². The van der Waals surface area contributed by atoms with Crippen molar-refractivity contribution in [3.05, 3.63) is 41.2 Å². The first kappa shape index (κ1) is 22.1. The van der Waals surface area contributed by atoms with Crippen LogP contribution in [0.25, 0.3) is 0 Å². The number of carbonyl (C=O) groups excluding carboxylic acids is 1. The summed E-state index contributed by atoms with van der Waals surface area (Å²) in [6.45, 7) is 8.07. The van der Waals surface area contributed by atoms with Gasteiger partial charge in [-0.05, 0) is 37.6 Å². The summed E-state index contributed by atoms with van der Waals surface area (Å²) in [4.78, 5) is 14.9. The van der Waals surface area contributed by atoms with Crippen LogP contribution in [0, 0.1) is 13.8 Å². The summed E-state index contributed by atoms with van der Waals surface area (Å²) >= 11 is 0. The lowest BCUT2D eigenvalue weighted by Gasteiger charge is -2.35. The van der Waals surface area contributed by atoms with Crippen LogP contribution in [0.4, 0.5) is 0 Å². The first-order valence-corrected chi connectivity index (χ1v) is 10.3. The van der Waals surface area contributed by atoms with Crippen LogP contribution in [-0.4, -0.2) is 67.7 Å². The fourth-order valence-corrected chi connectivity index (χ4v) is 3.81. The number of carbonyl (C=O) groups is 1. The highest BCUT2D eigenvalue weighted by atomic mass is 16.5. The Hall–Kier alpha value is -2.58. The highest BCUT2D eigenvalue weighted by Crippen LogP contribution is 2.32. The maximum absolute atomic E-state index is 12.5. The fourth-order valence-electron chi connectivity index (χ4n) is 3.81. The van der Waals surface area contributed by atoms with Gasteiger partial charge in [0.15, 0.2) is 11.5 Å². The van der Waals surface area contributed by atoms with Crippen molar-refractivity contribution in [3.8, 4) is 11.5 Å². The number of rotatable bonds is 9. The zero-order valence-corrected chi connectivity index (χ0v) is 18.3. The first-order valence-electron chi connectivity index (χ1n) is 10.3. The summed E-state index contributed by atoms with van der Waals surface area (Å²) in [6.07, 6.45) is 0.393. The highest BCUT2D eigenvalue weighted by molar-refractivity contribution is 5.75. The fraction of sp³-hybridized carbons (Fsp3) is 0.545. The molecule has 0 radical (unpaired) electrons. The summed E-state index contributed by atoms with van der Waals surface area (Å²) < 4.78 is 18.2. The second-order valence-electron chi connectivity index (χ2n) is 7.48. The van der Waals surface area contributed by atoms with Crippen LogP contribution in [0.1, 0.15) is 29.4 Å². The lowest BCUT2D eigenvalue weighted by Crippen LogP contribution is -2.44. The average Bonchev–Trinajstić information content (AvgIpc) is 3.09. The van der Waals surface area contributed by atoms with E-state index in [0.29, 0.717) is 44.2 Å². The Morgan fingerprint density at radius 1 is 1.17 bits per heavy atom. The van der Waals surface area contributed by atoms with Crippen molar-refractivity contribution in [3.63, 3.8) is 0 Å². The topological polar surface area (TPSA) is 77.9 Å². The quantitative estimate of drug-likeness (QED) is 0.675. The molecule has 8 nitrogen and oxygen atoms in total. The number of morpholine rings is 1. The van der Waals surface area contributed by atoms with Crippen molar-refractivity contribution in [2.45, 2.75) is 32.9 Å². The largest absolute Gasteiger partial charge is 0.493 e. The van der Waals surface area contributed by atoms with Crippen molar-refractivity contribution in [1.29, 1.82) is 0 Å². The van der Waals surface area contributed by atoms with Crippen LogP contribution in [-0.2, 0) is 16.1 Å².